The minimum atomic E-state index is -0.660. The molecule has 2 rings (SSSR count). The smallest absolute Gasteiger partial charge is 0.273 e. The predicted octanol–water partition coefficient (Wildman–Crippen LogP) is 1.17. The summed E-state index contributed by atoms with van der Waals surface area (Å²) in [6.45, 7) is 0. The van der Waals surface area contributed by atoms with Crippen molar-refractivity contribution in [2.45, 2.75) is 0 Å². The van der Waals surface area contributed by atoms with Crippen LogP contribution in [0.1, 0.15) is 20.7 Å². The number of para-hydroxylation sites is 2. The molecule has 2 amide bonds. The zero-order valence-corrected chi connectivity index (χ0v) is 10.3. The lowest BCUT2D eigenvalue weighted by Gasteiger charge is -2.09. The molecule has 0 aliphatic carbocycles. The maximum Gasteiger partial charge on any atom is 0.273 e. The van der Waals surface area contributed by atoms with Crippen LogP contribution in [0.2, 0.25) is 0 Å². The van der Waals surface area contributed by atoms with Crippen molar-refractivity contribution >= 4 is 11.8 Å². The molecule has 0 bridgehead atoms. The fraction of sp³-hybridized carbons (Fsp3) is 0. The van der Waals surface area contributed by atoms with Crippen molar-refractivity contribution in [1.82, 2.24) is 10.9 Å². The van der Waals surface area contributed by atoms with Crippen LogP contribution in [0.4, 0.5) is 0 Å². The molecule has 102 valence electrons. The van der Waals surface area contributed by atoms with Crippen molar-refractivity contribution < 1.29 is 19.8 Å². The first-order chi connectivity index (χ1) is 9.59. The summed E-state index contributed by atoms with van der Waals surface area (Å²) >= 11 is 0. The minimum Gasteiger partial charge on any atom is -0.507 e. The molecule has 0 saturated carbocycles. The van der Waals surface area contributed by atoms with Crippen LogP contribution in [0, 0.1) is 0 Å². The van der Waals surface area contributed by atoms with E-state index in [0.717, 1.165) is 0 Å². The number of hydrogen-bond donors (Lipinski definition) is 4. The number of hydrogen-bond acceptors (Lipinski definition) is 4. The quantitative estimate of drug-likeness (QED) is 0.617. The third-order valence-electron chi connectivity index (χ3n) is 2.59. The molecule has 20 heavy (non-hydrogen) atoms. The van der Waals surface area contributed by atoms with Crippen molar-refractivity contribution in [3.8, 4) is 11.5 Å². The maximum absolute atomic E-state index is 11.7. The molecule has 0 aliphatic heterocycles. The van der Waals surface area contributed by atoms with Crippen LogP contribution < -0.4 is 10.9 Å². The number of carbonyl (C=O) groups is 2. The molecular weight excluding hydrogens is 260 g/mol. The van der Waals surface area contributed by atoms with Crippen LogP contribution in [-0.2, 0) is 0 Å². The van der Waals surface area contributed by atoms with Gasteiger partial charge >= 0.3 is 0 Å². The van der Waals surface area contributed by atoms with E-state index in [9.17, 15) is 19.8 Å². The van der Waals surface area contributed by atoms with Gasteiger partial charge in [-0.2, -0.15) is 0 Å². The Labute approximate surface area is 114 Å². The van der Waals surface area contributed by atoms with Crippen LogP contribution in [0.25, 0.3) is 0 Å². The van der Waals surface area contributed by atoms with E-state index in [0.29, 0.717) is 0 Å². The molecule has 6 heteroatoms. The Morgan fingerprint density at radius 3 is 1.40 bits per heavy atom. The minimum absolute atomic E-state index is 0.0325. The van der Waals surface area contributed by atoms with Crippen molar-refractivity contribution in [2.75, 3.05) is 0 Å². The van der Waals surface area contributed by atoms with Crippen LogP contribution in [0.5, 0.6) is 11.5 Å². The second-order valence-corrected chi connectivity index (χ2v) is 3.94. The molecule has 4 N–H and O–H groups in total. The third kappa shape index (κ3) is 2.86. The summed E-state index contributed by atoms with van der Waals surface area (Å²) in [7, 11) is 0. The van der Waals surface area contributed by atoms with Gasteiger partial charge in [-0.05, 0) is 24.3 Å². The number of amides is 2. The summed E-state index contributed by atoms with van der Waals surface area (Å²) in [6.07, 6.45) is 0. The highest BCUT2D eigenvalue weighted by molar-refractivity contribution is 6.01. The average Bonchev–Trinajstić information content (AvgIpc) is 2.45. The van der Waals surface area contributed by atoms with Crippen LogP contribution in [-0.4, -0.2) is 22.0 Å². The van der Waals surface area contributed by atoms with E-state index in [2.05, 4.69) is 10.9 Å². The molecule has 0 fully saturated rings. The lowest BCUT2D eigenvalue weighted by Crippen LogP contribution is -2.41. The highest BCUT2D eigenvalue weighted by Gasteiger charge is 2.13. The highest BCUT2D eigenvalue weighted by atomic mass is 16.3. The SMILES string of the molecule is O=C(NNC(=O)c1ccccc1O)c1ccccc1O. The average molecular weight is 272 g/mol. The first-order valence-electron chi connectivity index (χ1n) is 5.76. The van der Waals surface area contributed by atoms with Crippen molar-refractivity contribution in [1.29, 1.82) is 0 Å². The van der Waals surface area contributed by atoms with E-state index in [4.69, 9.17) is 0 Å². The predicted molar refractivity (Wildman–Crippen MR) is 71.1 cm³/mol. The Kier molecular flexibility index (Phi) is 3.85. The van der Waals surface area contributed by atoms with Gasteiger partial charge < -0.3 is 10.2 Å². The molecule has 0 atom stereocenters. The summed E-state index contributed by atoms with van der Waals surface area (Å²) in [5, 5.41) is 19.0. The van der Waals surface area contributed by atoms with E-state index >= 15 is 0 Å². The number of nitrogens with one attached hydrogen (secondary N) is 2. The lowest BCUT2D eigenvalue weighted by molar-refractivity contribution is 0.0843. The molecule has 0 radical (unpaired) electrons. The molecule has 0 heterocycles. The number of hydrazine groups is 1. The van der Waals surface area contributed by atoms with Gasteiger partial charge in [-0.3, -0.25) is 20.4 Å². The normalized spacial score (nSPS) is 9.80. The van der Waals surface area contributed by atoms with Gasteiger partial charge in [0.05, 0.1) is 11.1 Å². The first kappa shape index (κ1) is 13.4. The number of benzene rings is 2. The molecule has 2 aromatic carbocycles. The van der Waals surface area contributed by atoms with Crippen molar-refractivity contribution in [3.63, 3.8) is 0 Å². The van der Waals surface area contributed by atoms with E-state index in [-0.39, 0.29) is 22.6 Å². The van der Waals surface area contributed by atoms with Crippen LogP contribution >= 0.6 is 0 Å². The van der Waals surface area contributed by atoms with Gasteiger partial charge in [0.2, 0.25) is 0 Å². The van der Waals surface area contributed by atoms with Gasteiger partial charge in [0.15, 0.2) is 0 Å². The summed E-state index contributed by atoms with van der Waals surface area (Å²) in [4.78, 5) is 23.5. The van der Waals surface area contributed by atoms with Gasteiger partial charge in [-0.1, -0.05) is 24.3 Å². The van der Waals surface area contributed by atoms with Gasteiger partial charge in [0.25, 0.3) is 11.8 Å². The molecule has 0 aliphatic rings. The van der Waals surface area contributed by atoms with Gasteiger partial charge in [-0.15, -0.1) is 0 Å². The van der Waals surface area contributed by atoms with Crippen LogP contribution in [0.15, 0.2) is 48.5 Å². The molecule has 0 saturated heterocycles. The fourth-order valence-corrected chi connectivity index (χ4v) is 1.58. The van der Waals surface area contributed by atoms with E-state index in [1.165, 1.54) is 24.3 Å². The topological polar surface area (TPSA) is 98.7 Å². The Hall–Kier alpha value is -3.02. The molecule has 0 spiro atoms. The third-order valence-corrected chi connectivity index (χ3v) is 2.59. The Morgan fingerprint density at radius 2 is 1.05 bits per heavy atom. The Balaban J connectivity index is 2.03. The number of carbonyl (C=O) groups excluding carboxylic acids is 2. The van der Waals surface area contributed by atoms with Crippen molar-refractivity contribution in [2.24, 2.45) is 0 Å². The molecule has 0 unspecified atom stereocenters. The highest BCUT2D eigenvalue weighted by Crippen LogP contribution is 2.16. The molecular formula is C14H12N2O4. The fourth-order valence-electron chi connectivity index (χ4n) is 1.58. The lowest BCUT2D eigenvalue weighted by atomic mass is 10.2. The number of phenolic OH excluding ortho intramolecular Hbond substituents is 2. The molecule has 6 nitrogen and oxygen atoms in total. The summed E-state index contributed by atoms with van der Waals surface area (Å²) in [5.41, 5.74) is 4.38. The van der Waals surface area contributed by atoms with Gasteiger partial charge in [0, 0.05) is 0 Å². The van der Waals surface area contributed by atoms with Gasteiger partial charge in [-0.25, -0.2) is 0 Å². The molecule has 2 aromatic rings. The second kappa shape index (κ2) is 5.75. The summed E-state index contributed by atoms with van der Waals surface area (Å²) < 4.78 is 0. The Bertz CT molecular complexity index is 598. The van der Waals surface area contributed by atoms with E-state index < -0.39 is 11.8 Å². The maximum atomic E-state index is 11.7. The van der Waals surface area contributed by atoms with E-state index in [1.807, 2.05) is 0 Å². The summed E-state index contributed by atoms with van der Waals surface area (Å²) in [5.74, 6) is -1.71. The largest absolute Gasteiger partial charge is 0.507 e. The summed E-state index contributed by atoms with van der Waals surface area (Å²) in [6, 6.07) is 11.9. The first-order valence-corrected chi connectivity index (χ1v) is 5.76. The molecule has 0 aromatic heterocycles. The standard InChI is InChI=1S/C14H12N2O4/c17-11-7-3-1-5-9(11)13(19)15-16-14(20)10-6-2-4-8-12(10)18/h1-8,17-18H,(H,15,19)(H,16,20). The van der Waals surface area contributed by atoms with Gasteiger partial charge in [0.1, 0.15) is 11.5 Å². The van der Waals surface area contributed by atoms with Crippen LogP contribution in [0.3, 0.4) is 0 Å². The van der Waals surface area contributed by atoms with E-state index in [1.54, 1.807) is 24.3 Å². The monoisotopic (exact) mass is 272 g/mol. The second-order valence-electron chi connectivity index (χ2n) is 3.94. The zero-order chi connectivity index (χ0) is 14.5. The number of rotatable bonds is 2. The van der Waals surface area contributed by atoms with Crippen molar-refractivity contribution in [3.05, 3.63) is 59.7 Å². The Morgan fingerprint density at radius 1 is 0.700 bits per heavy atom. The number of phenols is 2. The zero-order valence-electron chi connectivity index (χ0n) is 10.3. The number of aromatic hydroxyl groups is 2.